The van der Waals surface area contributed by atoms with Crippen molar-refractivity contribution >= 4 is 17.6 Å². The minimum Gasteiger partial charge on any atom is -0.384 e. The van der Waals surface area contributed by atoms with Gasteiger partial charge in [0, 0.05) is 22.4 Å². The quantitative estimate of drug-likeness (QED) is 0.860. The molecule has 0 saturated carbocycles. The average Bonchev–Trinajstić information content (AvgIpc) is 2.38. The van der Waals surface area contributed by atoms with Crippen LogP contribution in [0.1, 0.15) is 25.6 Å². The summed E-state index contributed by atoms with van der Waals surface area (Å²) in [6.45, 7) is 3.97. The molecule has 0 spiro atoms. The Bertz CT molecular complexity index is 585. The topological polar surface area (TPSA) is 51.8 Å². The molecule has 3 nitrogen and oxygen atoms in total. The van der Waals surface area contributed by atoms with Crippen LogP contribution in [0.5, 0.6) is 0 Å². The Morgan fingerprint density at radius 3 is 2.30 bits per heavy atom. The Hall–Kier alpha value is -1.69. The first-order chi connectivity index (χ1) is 9.45. The normalized spacial score (nSPS) is 11.3. The Morgan fingerprint density at radius 2 is 1.75 bits per heavy atom. The van der Waals surface area contributed by atoms with Gasteiger partial charge in [-0.2, -0.15) is 8.78 Å². The molecule has 2 aromatic rings. The molecule has 0 bridgehead atoms. The van der Waals surface area contributed by atoms with Crippen LogP contribution in [0, 0.1) is 0 Å². The molecule has 106 valence electrons. The van der Waals surface area contributed by atoms with Crippen molar-refractivity contribution in [3.05, 3.63) is 36.2 Å². The molecule has 1 aromatic heterocycles. The largest absolute Gasteiger partial charge is 0.384 e. The van der Waals surface area contributed by atoms with Crippen molar-refractivity contribution in [1.82, 2.24) is 9.97 Å². The van der Waals surface area contributed by atoms with E-state index in [0.29, 0.717) is 34.0 Å². The molecule has 0 atom stereocenters. The van der Waals surface area contributed by atoms with Crippen molar-refractivity contribution in [2.75, 3.05) is 5.73 Å². The molecular weight excluding hydrogens is 280 g/mol. The Kier molecular flexibility index (Phi) is 4.54. The standard InChI is InChI=1S/C14H15F2N3S/c1-8(2)13-18-11(7-12(17)19-13)9-3-5-10(6-4-9)20-14(15)16/h3-8,14H,1-2H3,(H2,17,18,19). The summed E-state index contributed by atoms with van der Waals surface area (Å²) in [5.74, 6) is -1.16. The molecule has 0 unspecified atom stereocenters. The maximum absolute atomic E-state index is 12.3. The van der Waals surface area contributed by atoms with Gasteiger partial charge in [0.1, 0.15) is 11.6 Å². The molecular formula is C14H15F2N3S. The van der Waals surface area contributed by atoms with Gasteiger partial charge in [-0.15, -0.1) is 0 Å². The molecule has 0 fully saturated rings. The number of benzene rings is 1. The summed E-state index contributed by atoms with van der Waals surface area (Å²) in [7, 11) is 0. The highest BCUT2D eigenvalue weighted by atomic mass is 32.2. The van der Waals surface area contributed by atoms with Crippen LogP contribution >= 0.6 is 11.8 Å². The molecule has 1 heterocycles. The second-order valence-electron chi connectivity index (χ2n) is 4.59. The van der Waals surface area contributed by atoms with E-state index in [2.05, 4.69) is 9.97 Å². The first kappa shape index (κ1) is 14.7. The lowest BCUT2D eigenvalue weighted by atomic mass is 10.1. The van der Waals surface area contributed by atoms with Crippen molar-refractivity contribution in [1.29, 1.82) is 0 Å². The SMILES string of the molecule is CC(C)c1nc(N)cc(-c2ccc(SC(F)F)cc2)n1. The number of nitrogens with zero attached hydrogens (tertiary/aromatic N) is 2. The van der Waals surface area contributed by atoms with Gasteiger partial charge in [0.25, 0.3) is 5.76 Å². The molecule has 2 N–H and O–H groups in total. The third-order valence-corrected chi connectivity index (χ3v) is 3.38. The molecule has 6 heteroatoms. The van der Waals surface area contributed by atoms with Gasteiger partial charge < -0.3 is 5.73 Å². The minimum atomic E-state index is -2.41. The van der Waals surface area contributed by atoms with E-state index in [1.807, 2.05) is 13.8 Å². The first-order valence-corrected chi connectivity index (χ1v) is 7.03. The third-order valence-electron chi connectivity index (χ3n) is 2.65. The lowest BCUT2D eigenvalue weighted by Gasteiger charge is -2.08. The summed E-state index contributed by atoms with van der Waals surface area (Å²) in [4.78, 5) is 9.15. The van der Waals surface area contributed by atoms with Crippen molar-refractivity contribution in [3.63, 3.8) is 0 Å². The van der Waals surface area contributed by atoms with Gasteiger partial charge in [-0.05, 0) is 12.1 Å². The summed E-state index contributed by atoms with van der Waals surface area (Å²) in [5, 5.41) is 0. The Labute approximate surface area is 120 Å². The molecule has 0 radical (unpaired) electrons. The molecule has 1 aromatic carbocycles. The second kappa shape index (κ2) is 6.17. The van der Waals surface area contributed by atoms with E-state index in [9.17, 15) is 8.78 Å². The summed E-state index contributed by atoms with van der Waals surface area (Å²) in [6, 6.07) is 8.51. The Morgan fingerprint density at radius 1 is 1.10 bits per heavy atom. The van der Waals surface area contributed by atoms with Crippen molar-refractivity contribution in [2.24, 2.45) is 0 Å². The van der Waals surface area contributed by atoms with Crippen LogP contribution in [0.25, 0.3) is 11.3 Å². The number of anilines is 1. The smallest absolute Gasteiger partial charge is 0.288 e. The van der Waals surface area contributed by atoms with Crippen molar-refractivity contribution < 1.29 is 8.78 Å². The molecule has 0 saturated heterocycles. The average molecular weight is 295 g/mol. The fourth-order valence-corrected chi connectivity index (χ4v) is 2.20. The highest BCUT2D eigenvalue weighted by molar-refractivity contribution is 7.99. The number of aromatic nitrogens is 2. The van der Waals surface area contributed by atoms with E-state index in [0.717, 1.165) is 5.56 Å². The highest BCUT2D eigenvalue weighted by Crippen LogP contribution is 2.28. The lowest BCUT2D eigenvalue weighted by molar-refractivity contribution is 0.252. The number of hydrogen-bond acceptors (Lipinski definition) is 4. The molecule has 2 rings (SSSR count). The van der Waals surface area contributed by atoms with Gasteiger partial charge in [0.15, 0.2) is 0 Å². The molecule has 20 heavy (non-hydrogen) atoms. The van der Waals surface area contributed by atoms with Gasteiger partial charge >= 0.3 is 0 Å². The summed E-state index contributed by atoms with van der Waals surface area (Å²) in [5.41, 5.74) is 7.31. The minimum absolute atomic E-state index is 0.172. The maximum atomic E-state index is 12.3. The van der Waals surface area contributed by atoms with E-state index in [1.165, 1.54) is 0 Å². The van der Waals surface area contributed by atoms with Gasteiger partial charge in [0.05, 0.1) is 5.69 Å². The van der Waals surface area contributed by atoms with Gasteiger partial charge in [-0.25, -0.2) is 9.97 Å². The first-order valence-electron chi connectivity index (χ1n) is 6.15. The molecule has 0 aliphatic heterocycles. The predicted octanol–water partition coefficient (Wildman–Crippen LogP) is 4.16. The zero-order chi connectivity index (χ0) is 14.7. The maximum Gasteiger partial charge on any atom is 0.288 e. The van der Waals surface area contributed by atoms with E-state index < -0.39 is 5.76 Å². The van der Waals surface area contributed by atoms with E-state index in [4.69, 9.17) is 5.73 Å². The van der Waals surface area contributed by atoms with Gasteiger partial charge in [0.2, 0.25) is 0 Å². The van der Waals surface area contributed by atoms with E-state index >= 15 is 0 Å². The number of alkyl halides is 2. The number of rotatable bonds is 4. The summed E-state index contributed by atoms with van der Waals surface area (Å²) in [6.07, 6.45) is 0. The van der Waals surface area contributed by atoms with Crippen LogP contribution in [-0.4, -0.2) is 15.7 Å². The molecule has 0 amide bonds. The van der Waals surface area contributed by atoms with E-state index in [1.54, 1.807) is 30.3 Å². The highest BCUT2D eigenvalue weighted by Gasteiger charge is 2.09. The van der Waals surface area contributed by atoms with Crippen LogP contribution < -0.4 is 5.73 Å². The zero-order valence-corrected chi connectivity index (χ0v) is 12.0. The van der Waals surface area contributed by atoms with E-state index in [-0.39, 0.29) is 5.92 Å². The second-order valence-corrected chi connectivity index (χ2v) is 5.66. The fraction of sp³-hybridized carbons (Fsp3) is 0.286. The van der Waals surface area contributed by atoms with Crippen LogP contribution in [-0.2, 0) is 0 Å². The number of nitrogens with two attached hydrogens (primary N) is 1. The monoisotopic (exact) mass is 295 g/mol. The Balaban J connectivity index is 2.31. The van der Waals surface area contributed by atoms with Crippen molar-refractivity contribution in [3.8, 4) is 11.3 Å². The van der Waals surface area contributed by atoms with Crippen molar-refractivity contribution in [2.45, 2.75) is 30.4 Å². The molecule has 0 aliphatic carbocycles. The molecule has 0 aliphatic rings. The zero-order valence-electron chi connectivity index (χ0n) is 11.2. The number of halogens is 2. The number of hydrogen-bond donors (Lipinski definition) is 1. The van der Waals surface area contributed by atoms with Crippen LogP contribution in [0.3, 0.4) is 0 Å². The summed E-state index contributed by atoms with van der Waals surface area (Å²) < 4.78 is 24.5. The van der Waals surface area contributed by atoms with Gasteiger partial charge in [-0.3, -0.25) is 0 Å². The third kappa shape index (κ3) is 3.66. The lowest BCUT2D eigenvalue weighted by Crippen LogP contribution is -2.02. The van der Waals surface area contributed by atoms with Crippen LogP contribution in [0.4, 0.5) is 14.6 Å². The van der Waals surface area contributed by atoms with Gasteiger partial charge in [-0.1, -0.05) is 37.7 Å². The summed E-state index contributed by atoms with van der Waals surface area (Å²) >= 11 is 0.523. The number of thioether (sulfide) groups is 1. The predicted molar refractivity (Wildman–Crippen MR) is 77.8 cm³/mol. The fourth-order valence-electron chi connectivity index (χ4n) is 1.70. The van der Waals surface area contributed by atoms with Crippen LogP contribution in [0.2, 0.25) is 0 Å². The van der Waals surface area contributed by atoms with Crippen LogP contribution in [0.15, 0.2) is 35.2 Å². The number of nitrogen functional groups attached to an aromatic ring is 1.